The van der Waals surface area contributed by atoms with E-state index in [1.165, 1.54) is 5.56 Å². The van der Waals surface area contributed by atoms with E-state index in [9.17, 15) is 4.79 Å². The second-order valence-electron chi connectivity index (χ2n) is 8.88. The summed E-state index contributed by atoms with van der Waals surface area (Å²) in [5.41, 5.74) is 4.00. The maximum atomic E-state index is 12.7. The lowest BCUT2D eigenvalue weighted by Crippen LogP contribution is -2.37. The van der Waals surface area contributed by atoms with Crippen LogP contribution in [-0.2, 0) is 5.41 Å². The number of hydrogen-bond acceptors (Lipinski definition) is 3. The summed E-state index contributed by atoms with van der Waals surface area (Å²) in [6.07, 6.45) is 0.898. The van der Waals surface area contributed by atoms with Crippen LogP contribution in [0.3, 0.4) is 0 Å². The van der Waals surface area contributed by atoms with Gasteiger partial charge in [0.2, 0.25) is 0 Å². The number of nitrogens with one attached hydrogen (secondary N) is 2. The lowest BCUT2D eigenvalue weighted by atomic mass is 9.86. The van der Waals surface area contributed by atoms with E-state index in [0.29, 0.717) is 10.6 Å². The number of carbonyl (C=O) groups excluding carboxylic acids is 1. The summed E-state index contributed by atoms with van der Waals surface area (Å²) in [6.45, 7) is 8.11. The highest BCUT2D eigenvalue weighted by Gasteiger charge is 2.26. The molecule has 1 aliphatic heterocycles. The number of H-pyrrole nitrogens is 1. The fourth-order valence-corrected chi connectivity index (χ4v) is 3.85. The van der Waals surface area contributed by atoms with Crippen LogP contribution in [0.2, 0.25) is 5.02 Å². The molecule has 0 unspecified atom stereocenters. The van der Waals surface area contributed by atoms with E-state index in [2.05, 4.69) is 41.2 Å². The smallest absolute Gasteiger partial charge is 0.251 e. The molecular formula is C24H27ClN4O. The van der Waals surface area contributed by atoms with Crippen LogP contribution >= 0.6 is 11.6 Å². The van der Waals surface area contributed by atoms with Crippen LogP contribution in [0.5, 0.6) is 0 Å². The molecule has 0 radical (unpaired) electrons. The van der Waals surface area contributed by atoms with Crippen molar-refractivity contribution in [3.8, 4) is 11.3 Å². The van der Waals surface area contributed by atoms with Gasteiger partial charge < -0.3 is 10.2 Å². The van der Waals surface area contributed by atoms with Gasteiger partial charge in [0.25, 0.3) is 5.91 Å². The Morgan fingerprint density at radius 2 is 1.83 bits per heavy atom. The molecule has 30 heavy (non-hydrogen) atoms. The van der Waals surface area contributed by atoms with Crippen molar-refractivity contribution in [3.63, 3.8) is 0 Å². The molecule has 156 valence electrons. The third kappa shape index (κ3) is 4.51. The second kappa shape index (κ2) is 8.15. The van der Waals surface area contributed by atoms with Crippen molar-refractivity contribution < 1.29 is 4.79 Å². The highest BCUT2D eigenvalue weighted by atomic mass is 35.5. The van der Waals surface area contributed by atoms with Gasteiger partial charge in [-0.3, -0.25) is 9.89 Å². The Hall–Kier alpha value is -2.79. The Bertz CT molecular complexity index is 1020. The van der Waals surface area contributed by atoms with Crippen molar-refractivity contribution in [2.24, 2.45) is 0 Å². The Kier molecular flexibility index (Phi) is 5.56. The Morgan fingerprint density at radius 1 is 1.13 bits per heavy atom. The minimum Gasteiger partial charge on any atom is -0.353 e. The molecule has 0 bridgehead atoms. The Balaban J connectivity index is 1.37. The molecule has 0 spiro atoms. The summed E-state index contributed by atoms with van der Waals surface area (Å²) in [5, 5.41) is 11.4. The van der Waals surface area contributed by atoms with E-state index in [1.54, 1.807) is 0 Å². The number of carbonyl (C=O) groups is 1. The van der Waals surface area contributed by atoms with Crippen LogP contribution in [0.1, 0.15) is 43.1 Å². The maximum absolute atomic E-state index is 12.7. The van der Waals surface area contributed by atoms with E-state index < -0.39 is 0 Å². The molecule has 1 fully saturated rings. The van der Waals surface area contributed by atoms with E-state index in [0.717, 1.165) is 36.6 Å². The first-order valence-corrected chi connectivity index (χ1v) is 10.6. The molecule has 2 heterocycles. The Labute approximate surface area is 182 Å². The van der Waals surface area contributed by atoms with Gasteiger partial charge in [0.1, 0.15) is 0 Å². The zero-order chi connectivity index (χ0) is 21.3. The summed E-state index contributed by atoms with van der Waals surface area (Å²) >= 11 is 5.97. The molecule has 4 rings (SSSR count). The van der Waals surface area contributed by atoms with Gasteiger partial charge in [-0.1, -0.05) is 56.6 Å². The Morgan fingerprint density at radius 3 is 2.50 bits per heavy atom. The van der Waals surface area contributed by atoms with Crippen molar-refractivity contribution in [1.29, 1.82) is 0 Å². The van der Waals surface area contributed by atoms with Crippen LogP contribution in [0.4, 0.5) is 5.82 Å². The molecular weight excluding hydrogens is 396 g/mol. The van der Waals surface area contributed by atoms with Gasteiger partial charge in [0, 0.05) is 35.8 Å². The molecule has 5 nitrogen and oxygen atoms in total. The van der Waals surface area contributed by atoms with Gasteiger partial charge in [-0.15, -0.1) is 0 Å². The number of aromatic amines is 1. The van der Waals surface area contributed by atoms with Crippen LogP contribution in [0.15, 0.2) is 54.6 Å². The van der Waals surface area contributed by atoms with Gasteiger partial charge in [-0.2, -0.15) is 5.10 Å². The largest absolute Gasteiger partial charge is 0.353 e. The van der Waals surface area contributed by atoms with Crippen molar-refractivity contribution in [1.82, 2.24) is 15.5 Å². The number of aromatic nitrogens is 2. The molecule has 2 N–H and O–H groups in total. The molecule has 1 atom stereocenters. The summed E-state index contributed by atoms with van der Waals surface area (Å²) in [5.74, 6) is 0.873. The van der Waals surface area contributed by atoms with E-state index in [4.69, 9.17) is 11.6 Å². The minimum atomic E-state index is -0.0220. The van der Waals surface area contributed by atoms with Crippen molar-refractivity contribution >= 4 is 23.3 Å². The van der Waals surface area contributed by atoms with Crippen molar-refractivity contribution in [2.75, 3.05) is 18.0 Å². The average molecular weight is 423 g/mol. The van der Waals surface area contributed by atoms with E-state index in [1.807, 2.05) is 54.6 Å². The number of benzene rings is 2. The molecule has 0 aliphatic carbocycles. The number of hydrogen-bond donors (Lipinski definition) is 2. The molecule has 6 heteroatoms. The zero-order valence-electron chi connectivity index (χ0n) is 17.6. The summed E-state index contributed by atoms with van der Waals surface area (Å²) in [4.78, 5) is 14.9. The van der Waals surface area contributed by atoms with Gasteiger partial charge in [0.15, 0.2) is 5.82 Å². The third-order valence-corrected chi connectivity index (χ3v) is 5.83. The summed E-state index contributed by atoms with van der Waals surface area (Å²) in [7, 11) is 0. The van der Waals surface area contributed by atoms with Crippen molar-refractivity contribution in [2.45, 2.75) is 38.6 Å². The van der Waals surface area contributed by atoms with Gasteiger partial charge in [-0.25, -0.2) is 0 Å². The third-order valence-electron chi connectivity index (χ3n) is 5.58. The number of rotatable bonds is 4. The molecule has 2 aromatic carbocycles. The first kappa shape index (κ1) is 20.5. The monoisotopic (exact) mass is 422 g/mol. The molecule has 1 aliphatic rings. The first-order valence-electron chi connectivity index (χ1n) is 10.3. The topological polar surface area (TPSA) is 61.0 Å². The predicted molar refractivity (Wildman–Crippen MR) is 122 cm³/mol. The van der Waals surface area contributed by atoms with E-state index in [-0.39, 0.29) is 17.4 Å². The van der Waals surface area contributed by atoms with Crippen LogP contribution in [-0.4, -0.2) is 35.2 Å². The SMILES string of the molecule is CC(C)(C)c1ccc(C(=O)N[C@@H]2CCN(c3cc(-c4ccc(Cl)cc4)[nH]n3)C2)cc1. The molecule has 1 saturated heterocycles. The molecule has 1 amide bonds. The fraction of sp³-hybridized carbons (Fsp3) is 0.333. The number of nitrogens with zero attached hydrogens (tertiary/aromatic N) is 2. The normalized spacial score (nSPS) is 16.7. The highest BCUT2D eigenvalue weighted by Crippen LogP contribution is 2.26. The second-order valence-corrected chi connectivity index (χ2v) is 9.32. The summed E-state index contributed by atoms with van der Waals surface area (Å²) in [6, 6.07) is 17.7. The number of anilines is 1. The van der Waals surface area contributed by atoms with E-state index >= 15 is 0 Å². The number of amides is 1. The molecule has 3 aromatic rings. The van der Waals surface area contributed by atoms with Crippen LogP contribution in [0.25, 0.3) is 11.3 Å². The lowest BCUT2D eigenvalue weighted by molar-refractivity contribution is 0.0940. The predicted octanol–water partition coefficient (Wildman–Crippen LogP) is 5.04. The summed E-state index contributed by atoms with van der Waals surface area (Å²) < 4.78 is 0. The van der Waals surface area contributed by atoms with Gasteiger partial charge >= 0.3 is 0 Å². The fourth-order valence-electron chi connectivity index (χ4n) is 3.73. The van der Waals surface area contributed by atoms with Crippen LogP contribution in [0, 0.1) is 0 Å². The van der Waals surface area contributed by atoms with Gasteiger partial charge in [0.05, 0.1) is 5.69 Å². The molecule has 0 saturated carbocycles. The van der Waals surface area contributed by atoms with Crippen LogP contribution < -0.4 is 10.2 Å². The van der Waals surface area contributed by atoms with Crippen molar-refractivity contribution in [3.05, 3.63) is 70.7 Å². The zero-order valence-corrected chi connectivity index (χ0v) is 18.3. The van der Waals surface area contributed by atoms with Gasteiger partial charge in [-0.05, 0) is 47.2 Å². The highest BCUT2D eigenvalue weighted by molar-refractivity contribution is 6.30. The average Bonchev–Trinajstić information content (AvgIpc) is 3.37. The first-order chi connectivity index (χ1) is 14.3. The maximum Gasteiger partial charge on any atom is 0.251 e. The molecule has 1 aromatic heterocycles. The standard InChI is InChI=1S/C24H27ClN4O/c1-24(2,3)18-8-4-17(5-9-18)23(30)26-20-12-13-29(15-20)22-14-21(27-28-22)16-6-10-19(25)11-7-16/h4-11,14,20H,12-13,15H2,1-3H3,(H,26,30)(H,27,28)/t20-/m1/s1. The quantitative estimate of drug-likeness (QED) is 0.619. The number of halogens is 1. The lowest BCUT2D eigenvalue weighted by Gasteiger charge is -2.19. The minimum absolute atomic E-state index is 0.0220.